The Hall–Kier alpha value is -3.68. The first-order valence-electron chi connectivity index (χ1n) is 9.95. The summed E-state index contributed by atoms with van der Waals surface area (Å²) in [6, 6.07) is 9.61. The van der Waals surface area contributed by atoms with E-state index in [9.17, 15) is 22.8 Å². The third-order valence-electron chi connectivity index (χ3n) is 5.63. The molecule has 0 saturated carbocycles. The number of pyridine rings is 1. The van der Waals surface area contributed by atoms with Crippen LogP contribution in [0.25, 0.3) is 0 Å². The van der Waals surface area contributed by atoms with Gasteiger partial charge in [-0.2, -0.15) is 0 Å². The Morgan fingerprint density at radius 3 is 2.34 bits per heavy atom. The molecule has 2 amide bonds. The van der Waals surface area contributed by atoms with Crippen LogP contribution in [0.1, 0.15) is 40.9 Å². The Labute approximate surface area is 182 Å². The van der Waals surface area contributed by atoms with Crippen molar-refractivity contribution in [1.29, 1.82) is 0 Å². The number of aromatic nitrogens is 1. The summed E-state index contributed by atoms with van der Waals surface area (Å²) in [5.74, 6) is -3.86. The number of halogens is 3. The Balaban J connectivity index is 1.60. The van der Waals surface area contributed by atoms with Crippen LogP contribution in [0.3, 0.4) is 0 Å². The lowest BCUT2D eigenvalue weighted by molar-refractivity contribution is -0.122. The van der Waals surface area contributed by atoms with Gasteiger partial charge in [0.15, 0.2) is 0 Å². The lowest BCUT2D eigenvalue weighted by atomic mass is 9.86. The smallest absolute Gasteiger partial charge is 0.251 e. The predicted octanol–water partition coefficient (Wildman–Crippen LogP) is 4.25. The van der Waals surface area contributed by atoms with Gasteiger partial charge < -0.3 is 10.2 Å². The van der Waals surface area contributed by atoms with E-state index in [0.717, 1.165) is 11.1 Å². The molecule has 32 heavy (non-hydrogen) atoms. The van der Waals surface area contributed by atoms with E-state index in [2.05, 4.69) is 10.3 Å². The molecule has 0 unspecified atom stereocenters. The second-order valence-corrected chi connectivity index (χ2v) is 8.13. The molecule has 3 aromatic rings. The maximum Gasteiger partial charge on any atom is 0.251 e. The second-order valence-electron chi connectivity index (χ2n) is 8.13. The zero-order chi connectivity index (χ0) is 23.0. The molecule has 0 spiro atoms. The van der Waals surface area contributed by atoms with Crippen LogP contribution in [0.15, 0.2) is 54.9 Å². The predicted molar refractivity (Wildman–Crippen MR) is 112 cm³/mol. The fraction of sp³-hybridized carbons (Fsp3) is 0.208. The van der Waals surface area contributed by atoms with Gasteiger partial charge in [-0.1, -0.05) is 6.07 Å². The number of rotatable bonds is 5. The van der Waals surface area contributed by atoms with Crippen LogP contribution >= 0.6 is 0 Å². The molecule has 1 N–H and O–H groups in total. The molecular formula is C24H20F3N3O2. The van der Waals surface area contributed by atoms with Gasteiger partial charge in [0.25, 0.3) is 5.91 Å². The number of carbonyl (C=O) groups is 2. The minimum atomic E-state index is -1.08. The normalized spacial score (nSPS) is 14.4. The van der Waals surface area contributed by atoms with E-state index in [1.807, 2.05) is 13.8 Å². The quantitative estimate of drug-likeness (QED) is 0.647. The molecule has 1 aliphatic rings. The Morgan fingerprint density at radius 2 is 1.69 bits per heavy atom. The van der Waals surface area contributed by atoms with Crippen molar-refractivity contribution in [2.45, 2.75) is 32.4 Å². The van der Waals surface area contributed by atoms with E-state index in [1.54, 1.807) is 47.6 Å². The summed E-state index contributed by atoms with van der Waals surface area (Å²) in [7, 11) is 0. The van der Waals surface area contributed by atoms with Gasteiger partial charge in [0.2, 0.25) is 5.91 Å². The summed E-state index contributed by atoms with van der Waals surface area (Å²) in [4.78, 5) is 31.3. The highest BCUT2D eigenvalue weighted by molar-refractivity contribution is 6.08. The SMILES string of the molecule is CC1(C)C(=O)N(Cc2ccncc2)c2cc(C(=O)NCc3c(F)cc(F)cc3F)ccc21. The highest BCUT2D eigenvalue weighted by atomic mass is 19.1. The van der Waals surface area contributed by atoms with Crippen LogP contribution in [0, 0.1) is 17.5 Å². The Kier molecular flexibility index (Phi) is 5.46. The van der Waals surface area contributed by atoms with Crippen molar-refractivity contribution in [3.05, 3.63) is 94.6 Å². The largest absolute Gasteiger partial charge is 0.348 e. The molecule has 0 bridgehead atoms. The standard InChI is InChI=1S/C24H20F3N3O2/c1-24(2)18-4-3-15(22(31)29-12-17-19(26)10-16(25)11-20(17)27)9-21(18)30(23(24)32)13-14-5-7-28-8-6-14/h3-11H,12-13H2,1-2H3,(H,29,31). The van der Waals surface area contributed by atoms with Crippen molar-refractivity contribution in [2.75, 3.05) is 4.90 Å². The number of hydrogen-bond donors (Lipinski definition) is 1. The van der Waals surface area contributed by atoms with Gasteiger partial charge in [-0.3, -0.25) is 14.6 Å². The molecule has 0 aliphatic carbocycles. The number of hydrogen-bond acceptors (Lipinski definition) is 3. The van der Waals surface area contributed by atoms with Gasteiger partial charge >= 0.3 is 0 Å². The van der Waals surface area contributed by atoms with E-state index >= 15 is 0 Å². The molecule has 8 heteroatoms. The number of carbonyl (C=O) groups excluding carboxylic acids is 2. The van der Waals surface area contributed by atoms with Crippen molar-refractivity contribution in [1.82, 2.24) is 10.3 Å². The summed E-state index contributed by atoms with van der Waals surface area (Å²) in [6.45, 7) is 3.51. The van der Waals surface area contributed by atoms with E-state index in [-0.39, 0.29) is 11.5 Å². The average Bonchev–Trinajstić information content (AvgIpc) is 2.94. The molecule has 5 nitrogen and oxygen atoms in total. The molecule has 0 fully saturated rings. The van der Waals surface area contributed by atoms with Gasteiger partial charge in [-0.15, -0.1) is 0 Å². The van der Waals surface area contributed by atoms with Gasteiger partial charge in [0.1, 0.15) is 17.5 Å². The van der Waals surface area contributed by atoms with E-state index < -0.39 is 40.9 Å². The summed E-state index contributed by atoms with van der Waals surface area (Å²) in [5, 5.41) is 2.45. The van der Waals surface area contributed by atoms with Crippen molar-refractivity contribution < 1.29 is 22.8 Å². The molecule has 1 aromatic heterocycles. The van der Waals surface area contributed by atoms with Crippen LogP contribution in [0.2, 0.25) is 0 Å². The average molecular weight is 439 g/mol. The molecular weight excluding hydrogens is 419 g/mol. The molecule has 0 radical (unpaired) electrons. The summed E-state index contributed by atoms with van der Waals surface area (Å²) in [6.07, 6.45) is 3.28. The number of anilines is 1. The number of amides is 2. The molecule has 0 saturated heterocycles. The third-order valence-corrected chi connectivity index (χ3v) is 5.63. The Morgan fingerprint density at radius 1 is 1.03 bits per heavy atom. The molecule has 164 valence electrons. The second kappa shape index (κ2) is 8.11. The number of nitrogens with zero attached hydrogens (tertiary/aromatic N) is 2. The fourth-order valence-corrected chi connectivity index (χ4v) is 3.83. The van der Waals surface area contributed by atoms with Gasteiger partial charge in [-0.05, 0) is 49.2 Å². The molecule has 0 atom stereocenters. The first kappa shape index (κ1) is 21.5. The van der Waals surface area contributed by atoms with Crippen molar-refractivity contribution in [2.24, 2.45) is 0 Å². The van der Waals surface area contributed by atoms with Crippen molar-refractivity contribution in [3.63, 3.8) is 0 Å². The van der Waals surface area contributed by atoms with E-state index in [0.29, 0.717) is 24.4 Å². The molecule has 2 aromatic carbocycles. The van der Waals surface area contributed by atoms with Crippen LogP contribution in [-0.4, -0.2) is 16.8 Å². The van der Waals surface area contributed by atoms with Gasteiger partial charge in [0, 0.05) is 47.9 Å². The maximum absolute atomic E-state index is 13.9. The number of fused-ring (bicyclic) bond motifs is 1. The highest BCUT2D eigenvalue weighted by Crippen LogP contribution is 2.42. The van der Waals surface area contributed by atoms with Crippen LogP contribution < -0.4 is 10.2 Å². The Bertz CT molecular complexity index is 1190. The first-order chi connectivity index (χ1) is 15.2. The summed E-state index contributed by atoms with van der Waals surface area (Å²) < 4.78 is 40.8. The monoisotopic (exact) mass is 439 g/mol. The van der Waals surface area contributed by atoms with E-state index in [4.69, 9.17) is 0 Å². The summed E-state index contributed by atoms with van der Waals surface area (Å²) >= 11 is 0. The topological polar surface area (TPSA) is 62.3 Å². The maximum atomic E-state index is 13.9. The van der Waals surface area contributed by atoms with Gasteiger partial charge in [-0.25, -0.2) is 13.2 Å². The van der Waals surface area contributed by atoms with Crippen LogP contribution in [0.4, 0.5) is 18.9 Å². The fourth-order valence-electron chi connectivity index (χ4n) is 3.83. The minimum Gasteiger partial charge on any atom is -0.348 e. The number of nitrogens with one attached hydrogen (secondary N) is 1. The highest BCUT2D eigenvalue weighted by Gasteiger charge is 2.44. The van der Waals surface area contributed by atoms with Gasteiger partial charge in [0.05, 0.1) is 12.0 Å². The lowest BCUT2D eigenvalue weighted by Crippen LogP contribution is -2.35. The third kappa shape index (κ3) is 3.84. The van der Waals surface area contributed by atoms with Crippen LogP contribution in [-0.2, 0) is 23.3 Å². The summed E-state index contributed by atoms with van der Waals surface area (Å²) in [5.41, 5.74) is 1.30. The van der Waals surface area contributed by atoms with Crippen molar-refractivity contribution in [3.8, 4) is 0 Å². The first-order valence-corrected chi connectivity index (χ1v) is 9.95. The molecule has 2 heterocycles. The zero-order valence-corrected chi connectivity index (χ0v) is 17.5. The lowest BCUT2D eigenvalue weighted by Gasteiger charge is -2.20. The van der Waals surface area contributed by atoms with E-state index in [1.165, 1.54) is 0 Å². The number of benzene rings is 2. The zero-order valence-electron chi connectivity index (χ0n) is 17.5. The molecule has 4 rings (SSSR count). The molecule has 1 aliphatic heterocycles. The van der Waals surface area contributed by atoms with Crippen LogP contribution in [0.5, 0.6) is 0 Å². The minimum absolute atomic E-state index is 0.0997. The van der Waals surface area contributed by atoms with Crippen molar-refractivity contribution >= 4 is 17.5 Å².